The van der Waals surface area contributed by atoms with Crippen LogP contribution in [0.25, 0.3) is 0 Å². The fraction of sp³-hybridized carbons (Fsp3) is 0. The molecule has 17 heavy (non-hydrogen) atoms. The van der Waals surface area contributed by atoms with Gasteiger partial charge in [0.25, 0.3) is 5.91 Å². The van der Waals surface area contributed by atoms with E-state index in [2.05, 4.69) is 27.9 Å². The van der Waals surface area contributed by atoms with Gasteiger partial charge < -0.3 is 11.1 Å². The van der Waals surface area contributed by atoms with Crippen molar-refractivity contribution in [1.82, 2.24) is 0 Å². The average Bonchev–Trinajstić information content (AvgIpc) is 2.32. The molecule has 3 N–H and O–H groups in total. The van der Waals surface area contributed by atoms with Gasteiger partial charge in [-0.1, -0.05) is 6.07 Å². The number of halogens is 1. The summed E-state index contributed by atoms with van der Waals surface area (Å²) in [5, 5.41) is 2.81. The minimum atomic E-state index is -0.154. The van der Waals surface area contributed by atoms with Gasteiger partial charge in [0.05, 0.1) is 0 Å². The number of nitrogen functional groups attached to an aromatic ring is 1. The van der Waals surface area contributed by atoms with E-state index in [0.717, 1.165) is 9.26 Å². The van der Waals surface area contributed by atoms with Gasteiger partial charge in [0, 0.05) is 20.5 Å². The van der Waals surface area contributed by atoms with Crippen molar-refractivity contribution >= 4 is 39.9 Å². The number of carbonyl (C=O) groups excluding carboxylic acids is 1. The van der Waals surface area contributed by atoms with Gasteiger partial charge in [-0.05, 0) is 65.1 Å². The van der Waals surface area contributed by atoms with Gasteiger partial charge in [-0.2, -0.15) is 0 Å². The number of hydrogen-bond acceptors (Lipinski definition) is 2. The van der Waals surface area contributed by atoms with Crippen LogP contribution < -0.4 is 11.1 Å². The van der Waals surface area contributed by atoms with Crippen LogP contribution in [0.4, 0.5) is 11.4 Å². The maximum absolute atomic E-state index is 11.9. The van der Waals surface area contributed by atoms with Crippen molar-refractivity contribution in [2.45, 2.75) is 0 Å². The summed E-state index contributed by atoms with van der Waals surface area (Å²) in [7, 11) is 0. The number of anilines is 2. The second-order valence-electron chi connectivity index (χ2n) is 3.59. The van der Waals surface area contributed by atoms with Gasteiger partial charge in [0.15, 0.2) is 0 Å². The van der Waals surface area contributed by atoms with Crippen LogP contribution in [0.1, 0.15) is 10.4 Å². The quantitative estimate of drug-likeness (QED) is 0.653. The smallest absolute Gasteiger partial charge is 0.255 e. The van der Waals surface area contributed by atoms with Crippen molar-refractivity contribution in [1.29, 1.82) is 0 Å². The Morgan fingerprint density at radius 2 is 1.82 bits per heavy atom. The molecule has 0 saturated heterocycles. The van der Waals surface area contributed by atoms with Crippen LogP contribution in [0.5, 0.6) is 0 Å². The van der Waals surface area contributed by atoms with Crippen molar-refractivity contribution in [2.75, 3.05) is 11.1 Å². The van der Waals surface area contributed by atoms with E-state index in [4.69, 9.17) is 5.73 Å². The van der Waals surface area contributed by atoms with E-state index in [9.17, 15) is 4.79 Å². The lowest BCUT2D eigenvalue weighted by atomic mass is 10.2. The summed E-state index contributed by atoms with van der Waals surface area (Å²) in [5.41, 5.74) is 7.55. The second-order valence-corrected chi connectivity index (χ2v) is 4.83. The van der Waals surface area contributed by atoms with Gasteiger partial charge in [0.2, 0.25) is 0 Å². The molecule has 0 aliphatic carbocycles. The Kier molecular flexibility index (Phi) is 3.63. The number of nitrogens with one attached hydrogen (secondary N) is 1. The van der Waals surface area contributed by atoms with E-state index in [-0.39, 0.29) is 5.91 Å². The Hall–Kier alpha value is -1.56. The van der Waals surface area contributed by atoms with Crippen molar-refractivity contribution < 1.29 is 4.79 Å². The van der Waals surface area contributed by atoms with Crippen LogP contribution in [0, 0.1) is 3.57 Å². The summed E-state index contributed by atoms with van der Waals surface area (Å²) >= 11 is 2.22. The molecular formula is C13H11IN2O. The Bertz CT molecular complexity index is 537. The highest BCUT2D eigenvalue weighted by Crippen LogP contribution is 2.13. The molecule has 86 valence electrons. The topological polar surface area (TPSA) is 55.1 Å². The molecule has 4 heteroatoms. The summed E-state index contributed by atoms with van der Waals surface area (Å²) < 4.78 is 1.13. The van der Waals surface area contributed by atoms with Crippen molar-refractivity contribution in [3.8, 4) is 0 Å². The lowest BCUT2D eigenvalue weighted by molar-refractivity contribution is 0.102. The van der Waals surface area contributed by atoms with Crippen LogP contribution in [-0.4, -0.2) is 5.91 Å². The third kappa shape index (κ3) is 3.20. The van der Waals surface area contributed by atoms with Gasteiger partial charge in [-0.3, -0.25) is 4.79 Å². The summed E-state index contributed by atoms with van der Waals surface area (Å²) in [6.45, 7) is 0. The van der Waals surface area contributed by atoms with Gasteiger partial charge in [-0.15, -0.1) is 0 Å². The maximum Gasteiger partial charge on any atom is 0.255 e. The normalized spacial score (nSPS) is 9.94. The molecule has 0 bridgehead atoms. The maximum atomic E-state index is 11.9. The summed E-state index contributed by atoms with van der Waals surface area (Å²) in [6, 6.07) is 14.5. The van der Waals surface area contributed by atoms with Crippen LogP contribution in [-0.2, 0) is 0 Å². The number of benzene rings is 2. The predicted molar refractivity (Wildman–Crippen MR) is 78.0 cm³/mol. The summed E-state index contributed by atoms with van der Waals surface area (Å²) in [5.74, 6) is -0.154. The highest BCUT2D eigenvalue weighted by atomic mass is 127. The van der Waals surface area contributed by atoms with E-state index in [1.807, 2.05) is 24.3 Å². The van der Waals surface area contributed by atoms with E-state index in [0.29, 0.717) is 11.3 Å². The lowest BCUT2D eigenvalue weighted by Gasteiger charge is -2.05. The van der Waals surface area contributed by atoms with Crippen molar-refractivity contribution in [2.24, 2.45) is 0 Å². The highest BCUT2D eigenvalue weighted by Gasteiger charge is 2.05. The third-order valence-corrected chi connectivity index (χ3v) is 2.97. The summed E-state index contributed by atoms with van der Waals surface area (Å²) in [4.78, 5) is 11.9. The number of rotatable bonds is 2. The number of carbonyl (C=O) groups is 1. The number of hydrogen-bond donors (Lipinski definition) is 2. The fourth-order valence-corrected chi connectivity index (χ4v) is 1.78. The zero-order valence-electron chi connectivity index (χ0n) is 8.98. The molecule has 0 saturated carbocycles. The Balaban J connectivity index is 2.14. The second kappa shape index (κ2) is 5.18. The zero-order chi connectivity index (χ0) is 12.3. The molecular weight excluding hydrogens is 327 g/mol. The molecule has 0 unspecified atom stereocenters. The Morgan fingerprint density at radius 3 is 2.47 bits per heavy atom. The first-order valence-corrected chi connectivity index (χ1v) is 6.15. The zero-order valence-corrected chi connectivity index (χ0v) is 11.1. The lowest BCUT2D eigenvalue weighted by Crippen LogP contribution is -2.11. The molecule has 0 aromatic heterocycles. The highest BCUT2D eigenvalue weighted by molar-refractivity contribution is 14.1. The van der Waals surface area contributed by atoms with E-state index < -0.39 is 0 Å². The van der Waals surface area contributed by atoms with Gasteiger partial charge >= 0.3 is 0 Å². The molecule has 0 atom stereocenters. The number of nitrogens with two attached hydrogens (primary N) is 1. The fourth-order valence-electron chi connectivity index (χ4n) is 1.42. The molecule has 0 radical (unpaired) electrons. The standard InChI is InChI=1S/C13H11IN2O/c14-10-4-6-12(7-5-10)16-13(17)9-2-1-3-11(15)8-9/h1-8H,15H2,(H,16,17). The van der Waals surface area contributed by atoms with Crippen LogP contribution >= 0.6 is 22.6 Å². The van der Waals surface area contributed by atoms with E-state index in [1.54, 1.807) is 24.3 Å². The average molecular weight is 338 g/mol. The molecule has 0 spiro atoms. The van der Waals surface area contributed by atoms with E-state index in [1.165, 1.54) is 0 Å². The Morgan fingerprint density at radius 1 is 1.12 bits per heavy atom. The first-order chi connectivity index (χ1) is 8.15. The Labute approximate surface area is 113 Å². The first-order valence-electron chi connectivity index (χ1n) is 5.07. The molecule has 3 nitrogen and oxygen atoms in total. The molecule has 0 heterocycles. The van der Waals surface area contributed by atoms with E-state index >= 15 is 0 Å². The molecule has 2 aromatic rings. The largest absolute Gasteiger partial charge is 0.399 e. The van der Waals surface area contributed by atoms with Crippen molar-refractivity contribution in [3.63, 3.8) is 0 Å². The molecule has 1 amide bonds. The molecule has 0 fully saturated rings. The van der Waals surface area contributed by atoms with Crippen LogP contribution in [0.3, 0.4) is 0 Å². The van der Waals surface area contributed by atoms with Crippen LogP contribution in [0.15, 0.2) is 48.5 Å². The monoisotopic (exact) mass is 338 g/mol. The predicted octanol–water partition coefficient (Wildman–Crippen LogP) is 3.13. The minimum absolute atomic E-state index is 0.154. The van der Waals surface area contributed by atoms with Gasteiger partial charge in [0.1, 0.15) is 0 Å². The molecule has 2 aromatic carbocycles. The molecule has 0 aliphatic heterocycles. The van der Waals surface area contributed by atoms with Gasteiger partial charge in [-0.25, -0.2) is 0 Å². The minimum Gasteiger partial charge on any atom is -0.399 e. The molecule has 0 aliphatic rings. The van der Waals surface area contributed by atoms with Crippen molar-refractivity contribution in [3.05, 3.63) is 57.7 Å². The van der Waals surface area contributed by atoms with Crippen LogP contribution in [0.2, 0.25) is 0 Å². The molecule has 2 rings (SSSR count). The SMILES string of the molecule is Nc1cccc(C(=O)Nc2ccc(I)cc2)c1. The summed E-state index contributed by atoms with van der Waals surface area (Å²) in [6.07, 6.45) is 0. The first kappa shape index (κ1) is 11.9. The number of amides is 1. The third-order valence-electron chi connectivity index (χ3n) is 2.25.